The quantitative estimate of drug-likeness (QED) is 0.598. The van der Waals surface area contributed by atoms with Crippen LogP contribution in [0.25, 0.3) is 0 Å². The molecule has 1 aliphatic carbocycles. The Morgan fingerprint density at radius 2 is 2.00 bits per heavy atom. The molecule has 1 fully saturated rings. The molecular weight excluding hydrogens is 162 g/mol. The first-order chi connectivity index (χ1) is 6.38. The summed E-state index contributed by atoms with van der Waals surface area (Å²) in [5, 5.41) is 0. The number of unbranched alkanes of at least 4 members (excludes halogenated alkanes) is 1. The maximum absolute atomic E-state index is 10.7. The minimum Gasteiger partial charge on any atom is -0.331 e. The summed E-state index contributed by atoms with van der Waals surface area (Å²) in [5.41, 5.74) is 0. The topological polar surface area (TPSA) is 20.3 Å². The molecule has 0 heterocycles. The van der Waals surface area contributed by atoms with Crippen molar-refractivity contribution in [2.75, 3.05) is 6.54 Å². The van der Waals surface area contributed by atoms with Crippen molar-refractivity contribution in [2.24, 2.45) is 0 Å². The number of hydrogen-bond donors (Lipinski definition) is 0. The Morgan fingerprint density at radius 3 is 2.54 bits per heavy atom. The van der Waals surface area contributed by atoms with E-state index in [1.165, 1.54) is 32.1 Å². The first kappa shape index (κ1) is 10.6. The van der Waals surface area contributed by atoms with Gasteiger partial charge in [-0.15, -0.1) is 0 Å². The van der Waals surface area contributed by atoms with E-state index in [0.29, 0.717) is 6.04 Å². The zero-order valence-corrected chi connectivity index (χ0v) is 8.59. The van der Waals surface area contributed by atoms with E-state index < -0.39 is 0 Å². The number of amides is 1. The molecule has 1 radical (unpaired) electrons. The summed E-state index contributed by atoms with van der Waals surface area (Å²) >= 11 is 0. The summed E-state index contributed by atoms with van der Waals surface area (Å²) < 4.78 is 0. The van der Waals surface area contributed by atoms with Crippen LogP contribution in [0.15, 0.2) is 0 Å². The van der Waals surface area contributed by atoms with Crippen molar-refractivity contribution in [1.82, 2.24) is 4.90 Å². The minimum atomic E-state index is 0.498. The molecule has 0 unspecified atom stereocenters. The van der Waals surface area contributed by atoms with Gasteiger partial charge in [0, 0.05) is 12.6 Å². The van der Waals surface area contributed by atoms with Gasteiger partial charge in [0.25, 0.3) is 0 Å². The summed E-state index contributed by atoms with van der Waals surface area (Å²) in [4.78, 5) is 12.6. The first-order valence-corrected chi connectivity index (χ1v) is 5.53. The number of hydrogen-bond acceptors (Lipinski definition) is 1. The Morgan fingerprint density at radius 1 is 1.31 bits per heavy atom. The second kappa shape index (κ2) is 6.01. The van der Waals surface area contributed by atoms with Gasteiger partial charge in [0.1, 0.15) is 0 Å². The molecule has 75 valence electrons. The van der Waals surface area contributed by atoms with Gasteiger partial charge in [-0.2, -0.15) is 0 Å². The molecular formula is C11H20NO. The molecule has 0 spiro atoms. The Balaban J connectivity index is 2.30. The Hall–Kier alpha value is -0.530. The summed E-state index contributed by atoms with van der Waals surface area (Å²) in [5.74, 6) is 0. The molecule has 1 saturated carbocycles. The van der Waals surface area contributed by atoms with Crippen LogP contribution in [-0.4, -0.2) is 23.9 Å². The van der Waals surface area contributed by atoms with Crippen molar-refractivity contribution < 1.29 is 4.79 Å². The third-order valence-electron chi connectivity index (χ3n) is 2.89. The van der Waals surface area contributed by atoms with Crippen LogP contribution in [-0.2, 0) is 4.79 Å². The molecule has 0 aromatic carbocycles. The molecule has 0 aromatic rings. The Kier molecular flexibility index (Phi) is 4.87. The van der Waals surface area contributed by atoms with Crippen molar-refractivity contribution in [3.8, 4) is 0 Å². The molecule has 1 rings (SSSR count). The lowest BCUT2D eigenvalue weighted by Crippen LogP contribution is -2.36. The lowest BCUT2D eigenvalue weighted by molar-refractivity contribution is 0.231. The molecule has 2 nitrogen and oxygen atoms in total. The van der Waals surface area contributed by atoms with Crippen LogP contribution in [0.5, 0.6) is 0 Å². The molecule has 1 amide bonds. The zero-order valence-electron chi connectivity index (χ0n) is 8.59. The third-order valence-corrected chi connectivity index (χ3v) is 2.89. The van der Waals surface area contributed by atoms with E-state index in [9.17, 15) is 4.79 Å². The standard InChI is InChI=1S/C11H20NO/c1-2-3-9-12(10-13)11-7-5-4-6-8-11/h11H,2-9H2,1H3. The van der Waals surface area contributed by atoms with E-state index in [2.05, 4.69) is 13.3 Å². The third kappa shape index (κ3) is 3.37. The highest BCUT2D eigenvalue weighted by molar-refractivity contribution is 5.48. The average molecular weight is 182 g/mol. The Bertz CT molecular complexity index is 141. The molecule has 0 aromatic heterocycles. The van der Waals surface area contributed by atoms with Crippen LogP contribution >= 0.6 is 0 Å². The predicted octanol–water partition coefficient (Wildman–Crippen LogP) is 2.49. The molecule has 2 heteroatoms. The van der Waals surface area contributed by atoms with Gasteiger partial charge in [0.05, 0.1) is 0 Å². The van der Waals surface area contributed by atoms with Crippen molar-refractivity contribution in [2.45, 2.75) is 57.9 Å². The molecule has 0 bridgehead atoms. The smallest absolute Gasteiger partial charge is 0.312 e. The van der Waals surface area contributed by atoms with Gasteiger partial charge in [0.15, 0.2) is 0 Å². The van der Waals surface area contributed by atoms with Gasteiger partial charge in [-0.1, -0.05) is 32.6 Å². The molecule has 0 atom stereocenters. The zero-order chi connectivity index (χ0) is 9.52. The summed E-state index contributed by atoms with van der Waals surface area (Å²) in [7, 11) is 0. The van der Waals surface area contributed by atoms with E-state index in [4.69, 9.17) is 0 Å². The minimum absolute atomic E-state index is 0.498. The van der Waals surface area contributed by atoms with E-state index in [1.54, 1.807) is 0 Å². The monoisotopic (exact) mass is 182 g/mol. The van der Waals surface area contributed by atoms with Crippen LogP contribution in [0, 0.1) is 0 Å². The highest BCUT2D eigenvalue weighted by Gasteiger charge is 2.19. The second-order valence-corrected chi connectivity index (χ2v) is 3.93. The van der Waals surface area contributed by atoms with Crippen LogP contribution in [0.4, 0.5) is 0 Å². The van der Waals surface area contributed by atoms with Crippen molar-refractivity contribution >= 4 is 6.41 Å². The number of nitrogens with zero attached hydrogens (tertiary/aromatic N) is 1. The van der Waals surface area contributed by atoms with Crippen molar-refractivity contribution in [3.05, 3.63) is 0 Å². The number of rotatable bonds is 5. The average Bonchev–Trinajstić information content (AvgIpc) is 2.21. The van der Waals surface area contributed by atoms with Crippen LogP contribution < -0.4 is 0 Å². The van der Waals surface area contributed by atoms with E-state index in [0.717, 1.165) is 19.4 Å². The van der Waals surface area contributed by atoms with E-state index in [1.807, 2.05) is 4.90 Å². The van der Waals surface area contributed by atoms with Gasteiger partial charge in [-0.05, 0) is 19.3 Å². The predicted molar refractivity (Wildman–Crippen MR) is 54.2 cm³/mol. The van der Waals surface area contributed by atoms with E-state index >= 15 is 0 Å². The van der Waals surface area contributed by atoms with Crippen molar-refractivity contribution in [3.63, 3.8) is 0 Å². The first-order valence-electron chi connectivity index (χ1n) is 5.53. The van der Waals surface area contributed by atoms with E-state index in [-0.39, 0.29) is 0 Å². The maximum atomic E-state index is 10.7. The van der Waals surface area contributed by atoms with Gasteiger partial charge in [0.2, 0.25) is 0 Å². The summed E-state index contributed by atoms with van der Waals surface area (Å²) in [6.07, 6.45) is 10.7. The maximum Gasteiger partial charge on any atom is 0.312 e. The second-order valence-electron chi connectivity index (χ2n) is 3.93. The van der Waals surface area contributed by atoms with Gasteiger partial charge >= 0.3 is 6.41 Å². The molecule has 0 aliphatic heterocycles. The van der Waals surface area contributed by atoms with Gasteiger partial charge in [-0.3, -0.25) is 4.79 Å². The fourth-order valence-electron chi connectivity index (χ4n) is 2.02. The Labute approximate surface area is 81.3 Å². The molecule has 1 aliphatic rings. The largest absolute Gasteiger partial charge is 0.331 e. The van der Waals surface area contributed by atoms with Crippen LogP contribution in [0.1, 0.15) is 51.9 Å². The molecule has 0 N–H and O–H groups in total. The van der Waals surface area contributed by atoms with Gasteiger partial charge in [-0.25, -0.2) is 0 Å². The van der Waals surface area contributed by atoms with Crippen LogP contribution in [0.3, 0.4) is 0 Å². The molecule has 13 heavy (non-hydrogen) atoms. The SMILES string of the molecule is CCCCN([C]=O)C1CCCCC1. The lowest BCUT2D eigenvalue weighted by atomic mass is 9.94. The van der Waals surface area contributed by atoms with Crippen molar-refractivity contribution in [1.29, 1.82) is 0 Å². The normalized spacial score (nSPS) is 18.5. The number of carbonyl (C=O) groups excluding carboxylic acids is 1. The highest BCUT2D eigenvalue weighted by atomic mass is 16.1. The molecule has 0 saturated heterocycles. The van der Waals surface area contributed by atoms with Gasteiger partial charge < -0.3 is 4.90 Å². The summed E-state index contributed by atoms with van der Waals surface area (Å²) in [6, 6.07) is 0.498. The fraction of sp³-hybridized carbons (Fsp3) is 0.909. The summed E-state index contributed by atoms with van der Waals surface area (Å²) in [6.45, 7) is 3.06. The lowest BCUT2D eigenvalue weighted by Gasteiger charge is -2.30. The van der Waals surface area contributed by atoms with Crippen LogP contribution in [0.2, 0.25) is 0 Å². The fourth-order valence-corrected chi connectivity index (χ4v) is 2.02. The highest BCUT2D eigenvalue weighted by Crippen LogP contribution is 2.21.